The van der Waals surface area contributed by atoms with Crippen molar-refractivity contribution in [2.24, 2.45) is 0 Å². The van der Waals surface area contributed by atoms with E-state index in [0.29, 0.717) is 36.8 Å². The number of carbonyl (C=O) groups is 1. The number of alkyl halides is 1. The Hall–Kier alpha value is -5.41. The number of aromatic nitrogens is 2. The van der Waals surface area contributed by atoms with Crippen molar-refractivity contribution < 1.29 is 46.0 Å². The predicted octanol–water partition coefficient (Wildman–Crippen LogP) is 8.97. The Morgan fingerprint density at radius 1 is 0.902 bits per heavy atom. The fourth-order valence-corrected chi connectivity index (χ4v) is 9.73. The largest absolute Gasteiger partial charge is 0.485 e. The Bertz CT molecular complexity index is 2460. The number of benzene rings is 4. The summed E-state index contributed by atoms with van der Waals surface area (Å²) < 4.78 is 95.8. The normalized spacial score (nSPS) is 22.6. The first kappa shape index (κ1) is 41.0. The van der Waals surface area contributed by atoms with E-state index in [4.69, 9.17) is 28.7 Å². The van der Waals surface area contributed by atoms with E-state index in [1.165, 1.54) is 25.3 Å². The van der Waals surface area contributed by atoms with Gasteiger partial charge < -0.3 is 28.6 Å². The average Bonchev–Trinajstić information content (AvgIpc) is 3.85. The van der Waals surface area contributed by atoms with Crippen molar-refractivity contribution in [3.8, 4) is 28.6 Å². The number of hydrogen-bond donors (Lipinski definition) is 0. The molecule has 4 aromatic carbocycles. The van der Waals surface area contributed by atoms with Gasteiger partial charge in [-0.25, -0.2) is 22.4 Å². The molecule has 11 nitrogen and oxygen atoms in total. The second kappa shape index (κ2) is 16.1. The van der Waals surface area contributed by atoms with E-state index >= 15 is 13.2 Å². The molecule has 1 aromatic heterocycles. The van der Waals surface area contributed by atoms with Gasteiger partial charge in [0.2, 0.25) is 0 Å². The minimum Gasteiger partial charge on any atom is -0.485 e. The van der Waals surface area contributed by atoms with Gasteiger partial charge in [0.15, 0.2) is 24.2 Å². The Morgan fingerprint density at radius 3 is 2.41 bits per heavy atom. The van der Waals surface area contributed by atoms with E-state index in [1.54, 1.807) is 17.0 Å². The molecule has 4 atom stereocenters. The maximum atomic E-state index is 17.9. The molecule has 0 N–H and O–H groups in total. The first-order chi connectivity index (χ1) is 29.3. The van der Waals surface area contributed by atoms with Crippen LogP contribution in [0.25, 0.3) is 32.8 Å². The second-order valence-corrected chi connectivity index (χ2v) is 17.6. The first-order valence-electron chi connectivity index (χ1n) is 20.8. The van der Waals surface area contributed by atoms with Gasteiger partial charge in [-0.05, 0) is 82.1 Å². The molecule has 2 unspecified atom stereocenters. The van der Waals surface area contributed by atoms with Crippen LogP contribution in [0.5, 0.6) is 17.5 Å². The molecule has 1 amide bonds. The van der Waals surface area contributed by atoms with Crippen LogP contribution in [0.1, 0.15) is 58.4 Å². The topological polar surface area (TPSA) is 98.7 Å². The molecular formula is C46H49F4N5O6. The first-order valence-corrected chi connectivity index (χ1v) is 20.8. The van der Waals surface area contributed by atoms with Crippen molar-refractivity contribution in [1.29, 1.82) is 0 Å². The van der Waals surface area contributed by atoms with Crippen LogP contribution in [0, 0.1) is 17.5 Å². The molecule has 4 aliphatic rings. The van der Waals surface area contributed by atoms with Crippen LogP contribution in [0.2, 0.25) is 0 Å². The SMILES string of the molecule is COCOc1cc(-c2c(F)c(OCc3ccccc3)c3c(N4CC5CCC(C4)N5C(=O)OC(C)(C)C)nc(OC[C@@]45CCCN4C[C@H](F)C5)nc3c2F)c2c(F)cccc2c1. The molecule has 322 valence electrons. The number of hydrogen-bond acceptors (Lipinski definition) is 10. The number of methoxy groups -OCH3 is 1. The van der Waals surface area contributed by atoms with Crippen LogP contribution in [0.3, 0.4) is 0 Å². The van der Waals surface area contributed by atoms with Gasteiger partial charge in [-0.2, -0.15) is 9.97 Å². The second-order valence-electron chi connectivity index (χ2n) is 17.6. The standard InChI is InChI=1S/C46H49F4N5O6/c1-45(2,3)61-44(56)55-30-14-15-31(55)23-53(22-30)42-37-40(51-43(52-42)59-25-46-16-9-17-54(46)21-29(47)20-46)38(49)36(39(50)41(37)58-24-27-10-6-5-7-11-27)33-19-32(60-26-57-4)18-28-12-8-13-34(48)35(28)33/h5-8,10-13,18-19,29-31H,9,14-17,20-26H2,1-4H3/t29-,30?,31?,46+/m1/s1. The molecular weight excluding hydrogens is 795 g/mol. The number of fused-ring (bicyclic) bond motifs is 5. The zero-order valence-electron chi connectivity index (χ0n) is 34.7. The van der Waals surface area contributed by atoms with Crippen molar-refractivity contribution in [2.75, 3.05) is 51.6 Å². The van der Waals surface area contributed by atoms with Crippen molar-refractivity contribution in [3.63, 3.8) is 0 Å². The van der Waals surface area contributed by atoms with Crippen LogP contribution in [0.15, 0.2) is 60.7 Å². The molecule has 0 saturated carbocycles. The van der Waals surface area contributed by atoms with Crippen molar-refractivity contribution in [1.82, 2.24) is 19.8 Å². The van der Waals surface area contributed by atoms with Crippen LogP contribution in [-0.2, 0) is 16.1 Å². The average molecular weight is 844 g/mol. The molecule has 4 aliphatic heterocycles. The maximum Gasteiger partial charge on any atom is 0.410 e. The van der Waals surface area contributed by atoms with E-state index in [0.717, 1.165) is 13.0 Å². The lowest BCUT2D eigenvalue weighted by Crippen LogP contribution is -2.57. The number of ether oxygens (including phenoxy) is 5. The third kappa shape index (κ3) is 7.75. The van der Waals surface area contributed by atoms with Crippen LogP contribution < -0.4 is 19.1 Å². The molecule has 15 heteroatoms. The minimum atomic E-state index is -1.10. The lowest BCUT2D eigenvalue weighted by Gasteiger charge is -2.42. The van der Waals surface area contributed by atoms with E-state index in [2.05, 4.69) is 9.88 Å². The van der Waals surface area contributed by atoms with Crippen molar-refractivity contribution >= 4 is 33.6 Å². The highest BCUT2D eigenvalue weighted by Gasteiger charge is 2.50. The summed E-state index contributed by atoms with van der Waals surface area (Å²) >= 11 is 0. The fraction of sp³-hybridized carbons (Fsp3) is 0.457. The Labute approximate surface area is 351 Å². The van der Waals surface area contributed by atoms with Crippen LogP contribution >= 0.6 is 0 Å². The molecule has 5 aromatic rings. The lowest BCUT2D eigenvalue weighted by molar-refractivity contribution is 0.0122. The highest BCUT2D eigenvalue weighted by atomic mass is 19.1. The van der Waals surface area contributed by atoms with E-state index < -0.39 is 46.4 Å². The zero-order chi connectivity index (χ0) is 42.6. The molecule has 0 radical (unpaired) electrons. The molecule has 0 spiro atoms. The van der Waals surface area contributed by atoms with E-state index in [-0.39, 0.29) is 96.8 Å². The van der Waals surface area contributed by atoms with Crippen LogP contribution in [-0.4, -0.2) is 102 Å². The maximum absolute atomic E-state index is 17.9. The smallest absolute Gasteiger partial charge is 0.410 e. The summed E-state index contributed by atoms with van der Waals surface area (Å²) in [6.45, 7) is 6.78. The Morgan fingerprint density at radius 2 is 1.67 bits per heavy atom. The third-order valence-corrected chi connectivity index (χ3v) is 12.3. The molecule has 4 saturated heterocycles. The van der Waals surface area contributed by atoms with Gasteiger partial charge in [0.1, 0.15) is 47.9 Å². The van der Waals surface area contributed by atoms with Gasteiger partial charge in [0.05, 0.1) is 28.6 Å². The summed E-state index contributed by atoms with van der Waals surface area (Å²) in [4.78, 5) is 28.8. The fourth-order valence-electron chi connectivity index (χ4n) is 9.73. The number of amides is 1. The number of piperazine rings is 1. The lowest BCUT2D eigenvalue weighted by atomic mass is 9.94. The number of carbonyl (C=O) groups excluding carboxylic acids is 1. The highest BCUT2D eigenvalue weighted by Crippen LogP contribution is 2.48. The van der Waals surface area contributed by atoms with Gasteiger partial charge in [-0.1, -0.05) is 42.5 Å². The van der Waals surface area contributed by atoms with Gasteiger partial charge in [-0.3, -0.25) is 9.80 Å². The van der Waals surface area contributed by atoms with Gasteiger partial charge in [-0.15, -0.1) is 0 Å². The molecule has 2 bridgehead atoms. The summed E-state index contributed by atoms with van der Waals surface area (Å²) in [6, 6.07) is 15.6. The van der Waals surface area contributed by atoms with Crippen LogP contribution in [0.4, 0.5) is 28.2 Å². The third-order valence-electron chi connectivity index (χ3n) is 12.3. The summed E-state index contributed by atoms with van der Waals surface area (Å²) in [6.07, 6.45) is 1.79. The van der Waals surface area contributed by atoms with Crippen molar-refractivity contribution in [3.05, 3.63) is 83.7 Å². The Kier molecular flexibility index (Phi) is 10.8. The molecule has 0 aliphatic carbocycles. The molecule has 5 heterocycles. The molecule has 4 fully saturated rings. The number of halogens is 4. The van der Waals surface area contributed by atoms with E-state index in [1.807, 2.05) is 56.0 Å². The van der Waals surface area contributed by atoms with Gasteiger partial charge >= 0.3 is 12.1 Å². The van der Waals surface area contributed by atoms with Gasteiger partial charge in [0, 0.05) is 44.1 Å². The van der Waals surface area contributed by atoms with Gasteiger partial charge in [0.25, 0.3) is 0 Å². The monoisotopic (exact) mass is 843 g/mol. The van der Waals surface area contributed by atoms with Crippen molar-refractivity contribution in [2.45, 2.75) is 88.9 Å². The molecule has 9 rings (SSSR count). The summed E-state index contributed by atoms with van der Waals surface area (Å²) in [7, 11) is 1.44. The number of rotatable bonds is 11. The quantitative estimate of drug-likeness (QED) is 0.0947. The summed E-state index contributed by atoms with van der Waals surface area (Å²) in [5.74, 6) is -2.90. The van der Waals surface area contributed by atoms with E-state index in [9.17, 15) is 9.18 Å². The summed E-state index contributed by atoms with van der Waals surface area (Å²) in [5.41, 5.74) is -1.61. The summed E-state index contributed by atoms with van der Waals surface area (Å²) in [5, 5.41) is 0.249. The predicted molar refractivity (Wildman–Crippen MR) is 221 cm³/mol. The molecule has 61 heavy (non-hydrogen) atoms. The zero-order valence-corrected chi connectivity index (χ0v) is 34.7. The minimum absolute atomic E-state index is 0.0403. The number of anilines is 1. The number of nitrogens with zero attached hydrogens (tertiary/aromatic N) is 5. The Balaban J connectivity index is 1.24. The highest BCUT2D eigenvalue weighted by molar-refractivity contribution is 6.04.